The van der Waals surface area contributed by atoms with Crippen LogP contribution in [0.15, 0.2) is 24.3 Å². The zero-order valence-electron chi connectivity index (χ0n) is 9.83. The largest absolute Gasteiger partial charge is 0.465 e. The number of carbonyl (C=O) groups is 1. The van der Waals surface area contributed by atoms with Crippen LogP contribution in [-0.2, 0) is 16.0 Å². The molecule has 0 aliphatic carbocycles. The third kappa shape index (κ3) is 3.56. The predicted octanol–water partition coefficient (Wildman–Crippen LogP) is 1.84. The number of nitro benzene ring substituents is 1. The minimum Gasteiger partial charge on any atom is -0.465 e. The Morgan fingerprint density at radius 3 is 2.56 bits per heavy atom. The lowest BCUT2D eigenvalue weighted by Crippen LogP contribution is -2.18. The molecule has 0 N–H and O–H groups in total. The van der Waals surface area contributed by atoms with E-state index in [2.05, 4.69) is 0 Å². The highest BCUT2D eigenvalue weighted by Gasteiger charge is 2.19. The van der Waals surface area contributed by atoms with Crippen molar-refractivity contribution in [2.24, 2.45) is 5.92 Å². The Morgan fingerprint density at radius 1 is 1.50 bits per heavy atom. The quantitative estimate of drug-likeness (QED) is 0.450. The summed E-state index contributed by atoms with van der Waals surface area (Å²) in [5.74, 6) is -1.45. The van der Waals surface area contributed by atoms with Crippen LogP contribution in [0.4, 0.5) is 5.69 Å². The monoisotopic (exact) mass is 248 g/mol. The fourth-order valence-electron chi connectivity index (χ4n) is 1.41. The average Bonchev–Trinajstić information content (AvgIpc) is 2.36. The molecule has 0 saturated carbocycles. The summed E-state index contributed by atoms with van der Waals surface area (Å²) in [5, 5.41) is 19.3. The number of nitrogens with zero attached hydrogens (tertiary/aromatic N) is 2. The lowest BCUT2D eigenvalue weighted by atomic mass is 10.0. The minimum absolute atomic E-state index is 0.0246. The van der Waals surface area contributed by atoms with Crippen molar-refractivity contribution in [2.75, 3.05) is 6.61 Å². The second-order valence-corrected chi connectivity index (χ2v) is 3.56. The summed E-state index contributed by atoms with van der Waals surface area (Å²) in [6.45, 7) is 1.88. The number of nitriles is 1. The van der Waals surface area contributed by atoms with E-state index in [-0.39, 0.29) is 18.7 Å². The summed E-state index contributed by atoms with van der Waals surface area (Å²) < 4.78 is 4.76. The molecule has 0 bridgehead atoms. The van der Waals surface area contributed by atoms with E-state index < -0.39 is 16.8 Å². The first-order valence-electron chi connectivity index (χ1n) is 5.38. The van der Waals surface area contributed by atoms with Crippen molar-refractivity contribution in [3.05, 3.63) is 39.9 Å². The summed E-state index contributed by atoms with van der Waals surface area (Å²) in [5.41, 5.74) is 0.656. The highest BCUT2D eigenvalue weighted by atomic mass is 16.6. The molecule has 1 atom stereocenters. The minimum atomic E-state index is -0.883. The van der Waals surface area contributed by atoms with Gasteiger partial charge >= 0.3 is 5.97 Å². The number of rotatable bonds is 5. The number of non-ortho nitro benzene ring substituents is 1. The van der Waals surface area contributed by atoms with Crippen molar-refractivity contribution in [2.45, 2.75) is 13.3 Å². The second kappa shape index (κ2) is 6.35. The Labute approximate surface area is 104 Å². The van der Waals surface area contributed by atoms with Gasteiger partial charge in [-0.3, -0.25) is 14.9 Å². The standard InChI is InChI=1S/C12H12N2O4/c1-2-18-12(15)10(8-13)7-9-3-5-11(6-4-9)14(16)17/h3-6,10H,2,7H2,1H3. The Bertz CT molecular complexity index is 476. The fraction of sp³-hybridized carbons (Fsp3) is 0.333. The molecule has 0 fully saturated rings. The predicted molar refractivity (Wildman–Crippen MR) is 62.5 cm³/mol. The van der Waals surface area contributed by atoms with Crippen molar-refractivity contribution >= 4 is 11.7 Å². The molecule has 0 aliphatic rings. The second-order valence-electron chi connectivity index (χ2n) is 3.56. The summed E-state index contributed by atoms with van der Waals surface area (Å²) in [6, 6.07) is 7.61. The molecule has 0 saturated heterocycles. The van der Waals surface area contributed by atoms with E-state index >= 15 is 0 Å². The SMILES string of the molecule is CCOC(=O)C(C#N)Cc1ccc([N+](=O)[O-])cc1. The Balaban J connectivity index is 2.74. The molecule has 0 aliphatic heterocycles. The maximum Gasteiger partial charge on any atom is 0.323 e. The van der Waals surface area contributed by atoms with E-state index in [0.29, 0.717) is 5.56 Å². The van der Waals surface area contributed by atoms with E-state index in [1.807, 2.05) is 6.07 Å². The zero-order chi connectivity index (χ0) is 13.5. The van der Waals surface area contributed by atoms with Gasteiger partial charge in [-0.1, -0.05) is 12.1 Å². The molecule has 6 heteroatoms. The number of ether oxygens (including phenoxy) is 1. The van der Waals surface area contributed by atoms with E-state index in [0.717, 1.165) is 0 Å². The van der Waals surface area contributed by atoms with Gasteiger partial charge in [0.1, 0.15) is 5.92 Å². The van der Waals surface area contributed by atoms with Gasteiger partial charge in [0, 0.05) is 12.1 Å². The van der Waals surface area contributed by atoms with Crippen LogP contribution in [-0.4, -0.2) is 17.5 Å². The van der Waals surface area contributed by atoms with Crippen LogP contribution in [0.5, 0.6) is 0 Å². The summed E-state index contributed by atoms with van der Waals surface area (Å²) >= 11 is 0. The molecule has 0 heterocycles. The van der Waals surface area contributed by atoms with Gasteiger partial charge in [0.05, 0.1) is 17.6 Å². The van der Waals surface area contributed by atoms with Gasteiger partial charge in [0.15, 0.2) is 0 Å². The zero-order valence-corrected chi connectivity index (χ0v) is 9.83. The molecule has 94 valence electrons. The van der Waals surface area contributed by atoms with Gasteiger partial charge < -0.3 is 4.74 Å². The maximum absolute atomic E-state index is 11.4. The molecule has 0 spiro atoms. The van der Waals surface area contributed by atoms with Crippen molar-refractivity contribution < 1.29 is 14.5 Å². The van der Waals surface area contributed by atoms with Gasteiger partial charge in [0.25, 0.3) is 5.69 Å². The molecule has 0 radical (unpaired) electrons. The van der Waals surface area contributed by atoms with Crippen LogP contribution >= 0.6 is 0 Å². The van der Waals surface area contributed by atoms with Crippen LogP contribution in [0.25, 0.3) is 0 Å². The Hall–Kier alpha value is -2.42. The summed E-state index contributed by atoms with van der Waals surface area (Å²) in [7, 11) is 0. The van der Waals surface area contributed by atoms with Gasteiger partial charge in [-0.15, -0.1) is 0 Å². The molecule has 6 nitrogen and oxygen atoms in total. The number of esters is 1. The first-order chi connectivity index (χ1) is 8.58. The average molecular weight is 248 g/mol. The molecule has 1 aromatic carbocycles. The van der Waals surface area contributed by atoms with Gasteiger partial charge in [-0.05, 0) is 18.9 Å². The van der Waals surface area contributed by atoms with E-state index in [9.17, 15) is 14.9 Å². The smallest absolute Gasteiger partial charge is 0.323 e. The highest BCUT2D eigenvalue weighted by molar-refractivity contribution is 5.75. The van der Waals surface area contributed by atoms with Crippen LogP contribution in [0.2, 0.25) is 0 Å². The number of nitro groups is 1. The van der Waals surface area contributed by atoms with Gasteiger partial charge in [0.2, 0.25) is 0 Å². The van der Waals surface area contributed by atoms with E-state index in [4.69, 9.17) is 10.00 Å². The van der Waals surface area contributed by atoms with Gasteiger partial charge in [-0.25, -0.2) is 0 Å². The number of benzene rings is 1. The maximum atomic E-state index is 11.4. The number of hydrogen-bond acceptors (Lipinski definition) is 5. The summed E-state index contributed by atoms with van der Waals surface area (Å²) in [6.07, 6.45) is 0.188. The third-order valence-corrected chi connectivity index (χ3v) is 2.31. The third-order valence-electron chi connectivity index (χ3n) is 2.31. The Kier molecular flexibility index (Phi) is 4.81. The first-order valence-corrected chi connectivity index (χ1v) is 5.38. The molecule has 1 aromatic rings. The highest BCUT2D eigenvalue weighted by Crippen LogP contribution is 2.15. The lowest BCUT2D eigenvalue weighted by Gasteiger charge is -2.07. The van der Waals surface area contributed by atoms with Crippen molar-refractivity contribution in [1.82, 2.24) is 0 Å². The molecule has 0 aromatic heterocycles. The number of hydrogen-bond donors (Lipinski definition) is 0. The molecular formula is C12H12N2O4. The van der Waals surface area contributed by atoms with Crippen molar-refractivity contribution in [3.63, 3.8) is 0 Å². The van der Waals surface area contributed by atoms with Crippen molar-refractivity contribution in [1.29, 1.82) is 5.26 Å². The Morgan fingerprint density at radius 2 is 2.11 bits per heavy atom. The van der Waals surface area contributed by atoms with E-state index in [1.54, 1.807) is 6.92 Å². The van der Waals surface area contributed by atoms with Crippen LogP contribution in [0, 0.1) is 27.4 Å². The molecule has 0 amide bonds. The van der Waals surface area contributed by atoms with Crippen LogP contribution in [0.3, 0.4) is 0 Å². The summed E-state index contributed by atoms with van der Waals surface area (Å²) in [4.78, 5) is 21.4. The van der Waals surface area contributed by atoms with Crippen molar-refractivity contribution in [3.8, 4) is 6.07 Å². The van der Waals surface area contributed by atoms with Gasteiger partial charge in [-0.2, -0.15) is 5.26 Å². The molecule has 1 unspecified atom stereocenters. The van der Waals surface area contributed by atoms with Crippen LogP contribution in [0.1, 0.15) is 12.5 Å². The first kappa shape index (κ1) is 13.6. The number of carbonyl (C=O) groups excluding carboxylic acids is 1. The molecule has 18 heavy (non-hydrogen) atoms. The van der Waals surface area contributed by atoms with E-state index in [1.165, 1.54) is 24.3 Å². The topological polar surface area (TPSA) is 93.2 Å². The van der Waals surface area contributed by atoms with Crippen LogP contribution < -0.4 is 0 Å². The molecule has 1 rings (SSSR count). The molecular weight excluding hydrogens is 236 g/mol. The fourth-order valence-corrected chi connectivity index (χ4v) is 1.41. The lowest BCUT2D eigenvalue weighted by molar-refractivity contribution is -0.384. The normalized spacial score (nSPS) is 11.3.